The van der Waals surface area contributed by atoms with Crippen molar-refractivity contribution in [2.45, 2.75) is 44.9 Å². The first kappa shape index (κ1) is 13.1. The first-order valence-electron chi connectivity index (χ1n) is 5.23. The smallest absolute Gasteiger partial charge is 0.327 e. The molecule has 14 heavy (non-hydrogen) atoms. The van der Waals surface area contributed by atoms with Crippen LogP contribution in [-0.4, -0.2) is 17.8 Å². The van der Waals surface area contributed by atoms with Gasteiger partial charge in [-0.3, -0.25) is 4.39 Å². The first-order valence-corrected chi connectivity index (χ1v) is 5.23. The molecule has 0 fully saturated rings. The molecule has 0 aromatic heterocycles. The Kier molecular flexibility index (Phi) is 9.59. The number of allylic oxidation sites excluding steroid dienone is 1. The Morgan fingerprint density at radius 3 is 2.21 bits per heavy atom. The highest BCUT2D eigenvalue weighted by molar-refractivity contribution is 5.79. The van der Waals surface area contributed by atoms with Crippen LogP contribution in [0.25, 0.3) is 0 Å². The largest absolute Gasteiger partial charge is 0.478 e. The molecular formula is C11H19FO2. The Balaban J connectivity index is 3.02. The molecule has 0 aliphatic heterocycles. The number of halogens is 1. The van der Waals surface area contributed by atoms with E-state index in [1.165, 1.54) is 6.08 Å². The molecule has 0 aromatic carbocycles. The van der Waals surface area contributed by atoms with Gasteiger partial charge in [-0.05, 0) is 19.3 Å². The lowest BCUT2D eigenvalue weighted by Gasteiger charge is -1.97. The average Bonchev–Trinajstić information content (AvgIpc) is 2.15. The van der Waals surface area contributed by atoms with E-state index in [-0.39, 0.29) is 6.67 Å². The summed E-state index contributed by atoms with van der Waals surface area (Å²) in [5.74, 6) is -0.882. The standard InChI is InChI=1S/C11H19FO2/c12-10-8-6-4-2-1-3-5-7-9-11(13)14/h7,9H,1-6,8,10H2,(H,13,14)/b9-7+. The summed E-state index contributed by atoms with van der Waals surface area (Å²) < 4.78 is 11.7. The molecule has 82 valence electrons. The maximum Gasteiger partial charge on any atom is 0.327 e. The summed E-state index contributed by atoms with van der Waals surface area (Å²) in [5, 5.41) is 8.29. The Bertz CT molecular complexity index is 167. The highest BCUT2D eigenvalue weighted by Gasteiger charge is 1.90. The topological polar surface area (TPSA) is 37.3 Å². The average molecular weight is 202 g/mol. The zero-order valence-corrected chi connectivity index (χ0v) is 8.54. The van der Waals surface area contributed by atoms with Crippen LogP contribution in [0, 0.1) is 0 Å². The number of unbranched alkanes of at least 4 members (excludes halogenated alkanes) is 6. The zero-order valence-electron chi connectivity index (χ0n) is 8.54. The van der Waals surface area contributed by atoms with Crippen molar-refractivity contribution in [2.75, 3.05) is 6.67 Å². The van der Waals surface area contributed by atoms with Crippen LogP contribution in [-0.2, 0) is 4.79 Å². The third-order valence-electron chi connectivity index (χ3n) is 2.01. The lowest BCUT2D eigenvalue weighted by molar-refractivity contribution is -0.131. The molecule has 0 spiro atoms. The fourth-order valence-corrected chi connectivity index (χ4v) is 1.25. The molecule has 0 saturated heterocycles. The van der Waals surface area contributed by atoms with Crippen molar-refractivity contribution >= 4 is 5.97 Å². The SMILES string of the molecule is O=C(O)/C=C/CCCCCCCCF. The summed E-state index contributed by atoms with van der Waals surface area (Å²) in [4.78, 5) is 10.1. The Hall–Kier alpha value is -0.860. The molecule has 0 unspecified atom stereocenters. The molecule has 0 aliphatic carbocycles. The number of alkyl halides is 1. The fourth-order valence-electron chi connectivity index (χ4n) is 1.25. The molecular weight excluding hydrogens is 183 g/mol. The van der Waals surface area contributed by atoms with E-state index in [0.29, 0.717) is 6.42 Å². The second-order valence-electron chi connectivity index (χ2n) is 3.34. The van der Waals surface area contributed by atoms with Gasteiger partial charge in [-0.2, -0.15) is 0 Å². The quantitative estimate of drug-likeness (QED) is 0.460. The number of aliphatic carboxylic acids is 1. The number of hydrogen-bond acceptors (Lipinski definition) is 1. The summed E-state index contributed by atoms with van der Waals surface area (Å²) in [6.07, 6.45) is 9.70. The monoisotopic (exact) mass is 202 g/mol. The minimum absolute atomic E-state index is 0.207. The van der Waals surface area contributed by atoms with Gasteiger partial charge in [-0.1, -0.05) is 31.8 Å². The van der Waals surface area contributed by atoms with Crippen LogP contribution in [0.1, 0.15) is 44.9 Å². The zero-order chi connectivity index (χ0) is 10.6. The van der Waals surface area contributed by atoms with Gasteiger partial charge in [-0.25, -0.2) is 4.79 Å². The van der Waals surface area contributed by atoms with Gasteiger partial charge >= 0.3 is 5.97 Å². The molecule has 0 heterocycles. The first-order chi connectivity index (χ1) is 6.77. The van der Waals surface area contributed by atoms with Crippen molar-refractivity contribution in [3.05, 3.63) is 12.2 Å². The summed E-state index contributed by atoms with van der Waals surface area (Å²) >= 11 is 0. The van der Waals surface area contributed by atoms with Crippen LogP contribution < -0.4 is 0 Å². The van der Waals surface area contributed by atoms with Gasteiger partial charge in [0, 0.05) is 6.08 Å². The third-order valence-corrected chi connectivity index (χ3v) is 2.01. The van der Waals surface area contributed by atoms with Crippen molar-refractivity contribution in [3.63, 3.8) is 0 Å². The van der Waals surface area contributed by atoms with E-state index in [1.807, 2.05) is 0 Å². The van der Waals surface area contributed by atoms with Gasteiger partial charge < -0.3 is 5.11 Å². The van der Waals surface area contributed by atoms with Crippen LogP contribution in [0.5, 0.6) is 0 Å². The number of hydrogen-bond donors (Lipinski definition) is 1. The van der Waals surface area contributed by atoms with Crippen molar-refractivity contribution < 1.29 is 14.3 Å². The lowest BCUT2D eigenvalue weighted by Crippen LogP contribution is -1.85. The molecule has 0 aromatic rings. The molecule has 0 radical (unpaired) electrons. The van der Waals surface area contributed by atoms with Crippen LogP contribution in [0.2, 0.25) is 0 Å². The predicted octanol–water partition coefficient (Wildman–Crippen LogP) is 3.33. The number of carbonyl (C=O) groups is 1. The molecule has 0 bridgehead atoms. The molecule has 0 aliphatic rings. The molecule has 0 amide bonds. The highest BCUT2D eigenvalue weighted by Crippen LogP contribution is 2.07. The maximum absolute atomic E-state index is 11.7. The molecule has 0 saturated carbocycles. The van der Waals surface area contributed by atoms with E-state index in [2.05, 4.69) is 0 Å². The summed E-state index contributed by atoms with van der Waals surface area (Å²) in [7, 11) is 0. The van der Waals surface area contributed by atoms with Crippen molar-refractivity contribution in [2.24, 2.45) is 0 Å². The van der Waals surface area contributed by atoms with E-state index in [4.69, 9.17) is 5.11 Å². The van der Waals surface area contributed by atoms with Gasteiger partial charge in [0.25, 0.3) is 0 Å². The van der Waals surface area contributed by atoms with E-state index in [1.54, 1.807) is 6.08 Å². The molecule has 1 N–H and O–H groups in total. The maximum atomic E-state index is 11.7. The Morgan fingerprint density at radius 1 is 1.07 bits per heavy atom. The van der Waals surface area contributed by atoms with Gasteiger partial charge in [0.05, 0.1) is 6.67 Å². The third kappa shape index (κ3) is 11.1. The number of carboxylic acid groups (broad SMARTS) is 1. The summed E-state index contributed by atoms with van der Waals surface area (Å²) in [6.45, 7) is -0.207. The lowest BCUT2D eigenvalue weighted by atomic mass is 10.1. The summed E-state index contributed by atoms with van der Waals surface area (Å²) in [5.41, 5.74) is 0. The summed E-state index contributed by atoms with van der Waals surface area (Å²) in [6, 6.07) is 0. The van der Waals surface area contributed by atoms with Gasteiger partial charge in [0.2, 0.25) is 0 Å². The van der Waals surface area contributed by atoms with Crippen LogP contribution in [0.3, 0.4) is 0 Å². The molecule has 0 atom stereocenters. The highest BCUT2D eigenvalue weighted by atomic mass is 19.1. The van der Waals surface area contributed by atoms with Crippen LogP contribution >= 0.6 is 0 Å². The van der Waals surface area contributed by atoms with E-state index < -0.39 is 5.97 Å². The minimum atomic E-state index is -0.882. The normalized spacial score (nSPS) is 10.9. The van der Waals surface area contributed by atoms with Gasteiger partial charge in [0.15, 0.2) is 0 Å². The second kappa shape index (κ2) is 10.2. The van der Waals surface area contributed by atoms with E-state index in [0.717, 1.165) is 38.5 Å². The molecule has 0 rings (SSSR count). The van der Waals surface area contributed by atoms with Crippen molar-refractivity contribution in [1.29, 1.82) is 0 Å². The fraction of sp³-hybridized carbons (Fsp3) is 0.727. The van der Waals surface area contributed by atoms with Crippen molar-refractivity contribution in [3.8, 4) is 0 Å². The van der Waals surface area contributed by atoms with Gasteiger partial charge in [0.1, 0.15) is 0 Å². The van der Waals surface area contributed by atoms with Crippen molar-refractivity contribution in [1.82, 2.24) is 0 Å². The molecule has 2 nitrogen and oxygen atoms in total. The Labute approximate surface area is 84.8 Å². The van der Waals surface area contributed by atoms with Gasteiger partial charge in [-0.15, -0.1) is 0 Å². The number of rotatable bonds is 9. The molecule has 3 heteroatoms. The predicted molar refractivity (Wildman–Crippen MR) is 55.1 cm³/mol. The Morgan fingerprint density at radius 2 is 1.64 bits per heavy atom. The number of carboxylic acids is 1. The van der Waals surface area contributed by atoms with Crippen LogP contribution in [0.4, 0.5) is 4.39 Å². The second-order valence-corrected chi connectivity index (χ2v) is 3.34. The van der Waals surface area contributed by atoms with E-state index >= 15 is 0 Å². The minimum Gasteiger partial charge on any atom is -0.478 e. The van der Waals surface area contributed by atoms with E-state index in [9.17, 15) is 9.18 Å². The van der Waals surface area contributed by atoms with Crippen LogP contribution in [0.15, 0.2) is 12.2 Å².